The maximum Gasteiger partial charge on any atom is 0.339 e. The molecule has 0 amide bonds. The van der Waals surface area contributed by atoms with Gasteiger partial charge in [-0.1, -0.05) is 49.6 Å². The van der Waals surface area contributed by atoms with Gasteiger partial charge in [0.15, 0.2) is 0 Å². The van der Waals surface area contributed by atoms with E-state index < -0.39 is 5.97 Å². The summed E-state index contributed by atoms with van der Waals surface area (Å²) < 4.78 is 4.75. The molecular formula is C21H27NO3. The summed E-state index contributed by atoms with van der Waals surface area (Å²) in [7, 11) is 1.34. The molecule has 4 heteroatoms. The van der Waals surface area contributed by atoms with Gasteiger partial charge in [0.25, 0.3) is 0 Å². The Hall–Kier alpha value is -2.49. The largest absolute Gasteiger partial charge is 0.508 e. The van der Waals surface area contributed by atoms with E-state index in [4.69, 9.17) is 10.5 Å². The molecule has 1 aliphatic rings. The molecule has 0 radical (unpaired) electrons. The Morgan fingerprint density at radius 3 is 2.40 bits per heavy atom. The minimum absolute atomic E-state index is 0.0515. The number of benzene rings is 1. The van der Waals surface area contributed by atoms with Gasteiger partial charge in [-0.2, -0.15) is 0 Å². The summed E-state index contributed by atoms with van der Waals surface area (Å²) in [5.41, 5.74) is 7.94. The van der Waals surface area contributed by atoms with Crippen LogP contribution in [-0.4, -0.2) is 18.2 Å². The number of ether oxygens (including phenoxy) is 1. The van der Waals surface area contributed by atoms with Crippen LogP contribution < -0.4 is 5.73 Å². The van der Waals surface area contributed by atoms with Crippen LogP contribution in [0.5, 0.6) is 5.75 Å². The Labute approximate surface area is 149 Å². The third-order valence-corrected chi connectivity index (χ3v) is 4.88. The van der Waals surface area contributed by atoms with Crippen LogP contribution in [0.3, 0.4) is 0 Å². The van der Waals surface area contributed by atoms with Crippen molar-refractivity contribution in [1.29, 1.82) is 0 Å². The molecule has 134 valence electrons. The molecular weight excluding hydrogens is 314 g/mol. The average molecular weight is 341 g/mol. The molecule has 0 bridgehead atoms. The highest BCUT2D eigenvalue weighted by molar-refractivity contribution is 5.92. The van der Waals surface area contributed by atoms with E-state index in [9.17, 15) is 9.90 Å². The van der Waals surface area contributed by atoms with Crippen LogP contribution in [0.25, 0.3) is 0 Å². The molecule has 0 spiro atoms. The van der Waals surface area contributed by atoms with Gasteiger partial charge in [0, 0.05) is 11.1 Å². The Morgan fingerprint density at radius 1 is 1.20 bits per heavy atom. The summed E-state index contributed by atoms with van der Waals surface area (Å²) in [6, 6.07) is 7.45. The maximum absolute atomic E-state index is 11.7. The summed E-state index contributed by atoms with van der Waals surface area (Å²) in [4.78, 5) is 11.7. The lowest BCUT2D eigenvalue weighted by atomic mass is 9.69. The molecule has 0 aromatic heterocycles. The normalized spacial score (nSPS) is 18.3. The fraction of sp³-hybridized carbons (Fsp3) is 0.381. The number of phenols is 1. The van der Waals surface area contributed by atoms with E-state index in [0.717, 1.165) is 12.8 Å². The number of hydrogen-bond donors (Lipinski definition) is 2. The van der Waals surface area contributed by atoms with Crippen LogP contribution in [0.15, 0.2) is 59.8 Å². The molecule has 1 aromatic carbocycles. The predicted octanol–water partition coefficient (Wildman–Crippen LogP) is 4.11. The van der Waals surface area contributed by atoms with Gasteiger partial charge in [0.05, 0.1) is 12.7 Å². The van der Waals surface area contributed by atoms with Crippen molar-refractivity contribution < 1.29 is 14.6 Å². The third-order valence-electron chi connectivity index (χ3n) is 4.88. The standard InChI is InChI=1S/C21H27NO3/c1-3-18(20(24)25-2)19(22)8-7-15-21(13-5-4-6-14-21)16-9-11-17(23)12-10-16/h3,7-12,15,23H,4-6,13-14,22H2,1-2H3/b15-7+,18-3+,19-8+. The Kier molecular flexibility index (Phi) is 6.45. The predicted molar refractivity (Wildman–Crippen MR) is 100 cm³/mol. The third kappa shape index (κ3) is 4.53. The zero-order chi connectivity index (χ0) is 18.3. The topological polar surface area (TPSA) is 72.5 Å². The van der Waals surface area contributed by atoms with Crippen molar-refractivity contribution >= 4 is 5.97 Å². The Balaban J connectivity index is 2.28. The lowest BCUT2D eigenvalue weighted by Gasteiger charge is -2.35. The SMILES string of the molecule is C\C=C(C(=O)OC)/C(N)=C\C=C\C1(c2ccc(O)cc2)CCCCC1. The number of hydrogen-bond acceptors (Lipinski definition) is 4. The highest BCUT2D eigenvalue weighted by atomic mass is 16.5. The first-order chi connectivity index (χ1) is 12.0. The molecule has 2 rings (SSSR count). The highest BCUT2D eigenvalue weighted by Gasteiger charge is 2.31. The van der Waals surface area contributed by atoms with E-state index in [1.807, 2.05) is 18.2 Å². The molecule has 0 heterocycles. The van der Waals surface area contributed by atoms with Gasteiger partial charge >= 0.3 is 5.97 Å². The van der Waals surface area contributed by atoms with Gasteiger partial charge in [-0.15, -0.1) is 0 Å². The van der Waals surface area contributed by atoms with Gasteiger partial charge in [0.1, 0.15) is 5.75 Å². The first-order valence-electron chi connectivity index (χ1n) is 8.72. The lowest BCUT2D eigenvalue weighted by Crippen LogP contribution is -2.26. The molecule has 0 aliphatic heterocycles. The van der Waals surface area contributed by atoms with Gasteiger partial charge in [-0.25, -0.2) is 4.79 Å². The van der Waals surface area contributed by atoms with Crippen molar-refractivity contribution in [3.8, 4) is 5.75 Å². The number of allylic oxidation sites excluding steroid dienone is 4. The minimum atomic E-state index is -0.435. The number of aromatic hydroxyl groups is 1. The van der Waals surface area contributed by atoms with Crippen molar-refractivity contribution in [2.75, 3.05) is 7.11 Å². The molecule has 0 unspecified atom stereocenters. The van der Waals surface area contributed by atoms with Crippen molar-refractivity contribution in [2.45, 2.75) is 44.4 Å². The summed E-state index contributed by atoms with van der Waals surface area (Å²) >= 11 is 0. The zero-order valence-corrected chi connectivity index (χ0v) is 15.0. The van der Waals surface area contributed by atoms with E-state index >= 15 is 0 Å². The van der Waals surface area contributed by atoms with Crippen LogP contribution in [0.1, 0.15) is 44.6 Å². The number of nitrogens with two attached hydrogens (primary N) is 1. The van der Waals surface area contributed by atoms with Gasteiger partial charge < -0.3 is 15.6 Å². The highest BCUT2D eigenvalue weighted by Crippen LogP contribution is 2.41. The quantitative estimate of drug-likeness (QED) is 0.480. The monoisotopic (exact) mass is 341 g/mol. The molecule has 0 atom stereocenters. The number of rotatable bonds is 5. The second kappa shape index (κ2) is 8.56. The number of carbonyl (C=O) groups is 1. The zero-order valence-electron chi connectivity index (χ0n) is 15.0. The average Bonchev–Trinajstić information content (AvgIpc) is 2.63. The number of esters is 1. The number of phenolic OH excluding ortho intramolecular Hbond substituents is 1. The van der Waals surface area contributed by atoms with E-state index in [0.29, 0.717) is 11.3 Å². The molecule has 3 N–H and O–H groups in total. The van der Waals surface area contributed by atoms with Crippen molar-refractivity contribution in [3.63, 3.8) is 0 Å². The first-order valence-corrected chi connectivity index (χ1v) is 8.72. The second-order valence-corrected chi connectivity index (χ2v) is 6.44. The van der Waals surface area contributed by atoms with E-state index in [1.54, 1.807) is 31.2 Å². The summed E-state index contributed by atoms with van der Waals surface area (Å²) in [5, 5.41) is 9.56. The molecule has 1 fully saturated rings. The van der Waals surface area contributed by atoms with Gasteiger partial charge in [-0.3, -0.25) is 0 Å². The number of carbonyl (C=O) groups excluding carboxylic acids is 1. The lowest BCUT2D eigenvalue weighted by molar-refractivity contribution is -0.135. The van der Waals surface area contributed by atoms with Gasteiger partial charge in [0.2, 0.25) is 0 Å². The van der Waals surface area contributed by atoms with Crippen molar-refractivity contribution in [3.05, 3.63) is 65.4 Å². The molecule has 0 saturated heterocycles. The van der Waals surface area contributed by atoms with Crippen LogP contribution >= 0.6 is 0 Å². The van der Waals surface area contributed by atoms with Crippen LogP contribution in [0.4, 0.5) is 0 Å². The fourth-order valence-corrected chi connectivity index (χ4v) is 3.47. The smallest absolute Gasteiger partial charge is 0.339 e. The van der Waals surface area contributed by atoms with E-state index in [2.05, 4.69) is 6.08 Å². The molecule has 1 aliphatic carbocycles. The summed E-state index contributed by atoms with van der Waals surface area (Å²) in [5.74, 6) is -0.158. The Bertz CT molecular complexity index is 678. The van der Waals surface area contributed by atoms with Crippen LogP contribution in [0, 0.1) is 0 Å². The van der Waals surface area contributed by atoms with Crippen LogP contribution in [-0.2, 0) is 14.9 Å². The summed E-state index contributed by atoms with van der Waals surface area (Å²) in [6.07, 6.45) is 13.2. The fourth-order valence-electron chi connectivity index (χ4n) is 3.47. The van der Waals surface area contributed by atoms with E-state index in [-0.39, 0.29) is 11.2 Å². The second-order valence-electron chi connectivity index (χ2n) is 6.44. The molecule has 1 saturated carbocycles. The first kappa shape index (κ1) is 18.8. The van der Waals surface area contributed by atoms with E-state index in [1.165, 1.54) is 31.9 Å². The molecule has 25 heavy (non-hydrogen) atoms. The summed E-state index contributed by atoms with van der Waals surface area (Å²) in [6.45, 7) is 1.76. The van der Waals surface area contributed by atoms with Gasteiger partial charge in [-0.05, 0) is 43.5 Å². The number of methoxy groups -OCH3 is 1. The van der Waals surface area contributed by atoms with Crippen molar-refractivity contribution in [1.82, 2.24) is 0 Å². The molecule has 4 nitrogen and oxygen atoms in total. The minimum Gasteiger partial charge on any atom is -0.508 e. The van der Waals surface area contributed by atoms with Crippen LogP contribution in [0.2, 0.25) is 0 Å². The maximum atomic E-state index is 11.7. The van der Waals surface area contributed by atoms with Crippen molar-refractivity contribution in [2.24, 2.45) is 5.73 Å². The molecule has 1 aromatic rings. The Morgan fingerprint density at radius 2 is 1.84 bits per heavy atom.